The van der Waals surface area contributed by atoms with E-state index in [9.17, 15) is 0 Å². The number of fused-ring (bicyclic) bond motifs is 7. The Bertz CT molecular complexity index is 3440. The Kier molecular flexibility index (Phi) is 9.58. The highest BCUT2D eigenvalue weighted by Gasteiger charge is 2.38. The van der Waals surface area contributed by atoms with E-state index in [4.69, 9.17) is 0 Å². The van der Waals surface area contributed by atoms with Crippen LogP contribution in [0.3, 0.4) is 0 Å². The minimum Gasteiger partial charge on any atom is -0.309 e. The second-order valence-corrected chi connectivity index (χ2v) is 21.6. The Labute approximate surface area is 388 Å². The summed E-state index contributed by atoms with van der Waals surface area (Å²) in [6.45, 7) is 18.7. The van der Waals surface area contributed by atoms with Gasteiger partial charge in [-0.2, -0.15) is 0 Å². The zero-order valence-corrected chi connectivity index (χ0v) is 39.6. The van der Waals surface area contributed by atoms with E-state index in [1.54, 1.807) is 0 Å². The molecule has 0 unspecified atom stereocenters. The molecule has 1 aliphatic carbocycles. The second-order valence-electron chi connectivity index (χ2n) is 20.6. The van der Waals surface area contributed by atoms with Crippen molar-refractivity contribution in [2.45, 2.75) is 71.6 Å². The van der Waals surface area contributed by atoms with E-state index in [0.717, 1.165) is 11.4 Å². The third-order valence-corrected chi connectivity index (χ3v) is 15.1. The van der Waals surface area contributed by atoms with Crippen LogP contribution >= 0.6 is 11.3 Å². The Morgan fingerprint density at radius 2 is 0.954 bits per heavy atom. The predicted molar refractivity (Wildman–Crippen MR) is 283 cm³/mol. The maximum Gasteiger partial charge on any atom is 0.0543 e. The molecule has 0 spiro atoms. The summed E-state index contributed by atoms with van der Waals surface area (Å²) < 4.78 is 2.64. The molecule has 2 heteroatoms. The van der Waals surface area contributed by atoms with Crippen molar-refractivity contribution in [2.75, 3.05) is 4.90 Å². The van der Waals surface area contributed by atoms with Crippen molar-refractivity contribution < 1.29 is 0 Å². The topological polar surface area (TPSA) is 3.24 Å². The highest BCUT2D eigenvalue weighted by atomic mass is 32.1. The van der Waals surface area contributed by atoms with Crippen LogP contribution < -0.4 is 4.90 Å². The molecule has 1 aliphatic rings. The molecule has 0 aliphatic heterocycles. The maximum atomic E-state index is 2.54. The Hall–Kier alpha value is -6.74. The van der Waals surface area contributed by atoms with Gasteiger partial charge < -0.3 is 4.90 Å². The lowest BCUT2D eigenvalue weighted by atomic mass is 9.78. The van der Waals surface area contributed by atoms with Crippen molar-refractivity contribution >= 4 is 59.3 Å². The molecular weight excluding hydrogens is 803 g/mol. The van der Waals surface area contributed by atoms with Gasteiger partial charge in [0.1, 0.15) is 0 Å². The summed E-state index contributed by atoms with van der Waals surface area (Å²) in [5.74, 6) is 0. The molecule has 0 atom stereocenters. The van der Waals surface area contributed by atoms with Gasteiger partial charge in [-0.15, -0.1) is 11.3 Å². The number of anilines is 3. The summed E-state index contributed by atoms with van der Waals surface area (Å²) in [5.41, 5.74) is 18.7. The Morgan fingerprint density at radius 3 is 1.68 bits per heavy atom. The fourth-order valence-corrected chi connectivity index (χ4v) is 11.6. The molecule has 0 N–H and O–H groups in total. The monoisotopic (exact) mass is 857 g/mol. The van der Waals surface area contributed by atoms with Gasteiger partial charge in [-0.05, 0) is 114 Å². The van der Waals surface area contributed by atoms with Gasteiger partial charge in [0.2, 0.25) is 0 Å². The molecule has 9 aromatic carbocycles. The number of para-hydroxylation sites is 1. The molecule has 0 saturated carbocycles. The summed E-state index contributed by atoms with van der Waals surface area (Å²) in [7, 11) is 0. The summed E-state index contributed by atoms with van der Waals surface area (Å²) in [6, 6.07) is 70.9. The number of thiophene rings is 1. The number of nitrogens with zero attached hydrogens (tertiary/aromatic N) is 1. The lowest BCUT2D eigenvalue weighted by molar-refractivity contribution is 0.569. The maximum absolute atomic E-state index is 2.54. The van der Waals surface area contributed by atoms with Gasteiger partial charge in [0, 0.05) is 42.4 Å². The molecule has 0 bridgehead atoms. The van der Waals surface area contributed by atoms with Crippen molar-refractivity contribution in [1.29, 1.82) is 0 Å². The van der Waals surface area contributed by atoms with Crippen LogP contribution in [0.5, 0.6) is 0 Å². The number of hydrogen-bond acceptors (Lipinski definition) is 2. The normalized spacial score (nSPS) is 13.4. The third kappa shape index (κ3) is 6.81. The average Bonchev–Trinajstić information content (AvgIpc) is 3.81. The largest absolute Gasteiger partial charge is 0.309 e. The third-order valence-electron chi connectivity index (χ3n) is 14.0. The van der Waals surface area contributed by atoms with Crippen LogP contribution in [0.2, 0.25) is 0 Å². The molecular formula is C63H55NS. The number of rotatable bonds is 6. The highest BCUT2D eigenvalue weighted by Crippen LogP contribution is 2.55. The van der Waals surface area contributed by atoms with Crippen molar-refractivity contribution in [1.82, 2.24) is 0 Å². The fourth-order valence-electron chi connectivity index (χ4n) is 10.5. The standard InChI is InChI=1S/C63H55NS/c1-61(2,3)43-37-42(38-44(39-43)62(4,5)6)47-24-15-19-41-20-16-26-49(58(41)47)48-21-10-13-29-54(48)64(55-30-18-28-53-60(55)50-22-9-12-27-52(50)63(53,7)8)45-35-33-40(34-36-45)46-25-17-32-57-59(46)51-23-11-14-31-56(51)65-57/h9-39H,1-8H3. The van der Waals surface area contributed by atoms with Gasteiger partial charge in [0.05, 0.1) is 11.4 Å². The minimum atomic E-state index is -0.142. The first-order valence-corrected chi connectivity index (χ1v) is 23.9. The van der Waals surface area contributed by atoms with Crippen molar-refractivity contribution in [3.63, 3.8) is 0 Å². The first-order chi connectivity index (χ1) is 31.3. The molecule has 11 rings (SSSR count). The van der Waals surface area contributed by atoms with Crippen molar-refractivity contribution in [2.24, 2.45) is 0 Å². The molecule has 1 nitrogen and oxygen atoms in total. The van der Waals surface area contributed by atoms with Crippen LogP contribution in [0.15, 0.2) is 188 Å². The Balaban J connectivity index is 1.15. The molecule has 0 saturated heterocycles. The van der Waals surface area contributed by atoms with Crippen LogP contribution in [0.1, 0.15) is 77.6 Å². The summed E-state index contributed by atoms with van der Waals surface area (Å²) >= 11 is 1.87. The zero-order valence-electron chi connectivity index (χ0n) is 38.8. The lowest BCUT2D eigenvalue weighted by Gasteiger charge is -2.31. The predicted octanol–water partition coefficient (Wildman–Crippen LogP) is 18.6. The van der Waals surface area contributed by atoms with Crippen molar-refractivity contribution in [3.8, 4) is 44.5 Å². The minimum absolute atomic E-state index is 0.000783. The summed E-state index contributed by atoms with van der Waals surface area (Å²) in [5, 5.41) is 5.15. The van der Waals surface area contributed by atoms with Gasteiger partial charge in [-0.3, -0.25) is 0 Å². The van der Waals surface area contributed by atoms with Crippen LogP contribution in [0, 0.1) is 0 Å². The lowest BCUT2D eigenvalue weighted by Crippen LogP contribution is -2.16. The average molecular weight is 858 g/mol. The number of benzene rings is 9. The van der Waals surface area contributed by atoms with Crippen LogP contribution in [-0.2, 0) is 16.2 Å². The van der Waals surface area contributed by atoms with E-state index in [1.165, 1.54) is 103 Å². The number of hydrogen-bond donors (Lipinski definition) is 0. The van der Waals surface area contributed by atoms with Gasteiger partial charge in [-0.25, -0.2) is 0 Å². The first-order valence-electron chi connectivity index (χ1n) is 23.1. The molecule has 0 amide bonds. The van der Waals surface area contributed by atoms with E-state index >= 15 is 0 Å². The molecule has 1 aromatic heterocycles. The Morgan fingerprint density at radius 1 is 0.415 bits per heavy atom. The van der Waals surface area contributed by atoms with Gasteiger partial charge in [0.15, 0.2) is 0 Å². The molecule has 318 valence electrons. The quantitative estimate of drug-likeness (QED) is 0.161. The molecule has 10 aromatic rings. The van der Waals surface area contributed by atoms with Gasteiger partial charge >= 0.3 is 0 Å². The SMILES string of the molecule is CC(C)(C)c1cc(-c2cccc3cccc(-c4ccccc4N(c4ccc(-c5cccc6sc7ccccc7c56)cc4)c4cccc5c4-c4ccccc4C5(C)C)c23)cc(C(C)(C)C)c1. The fraction of sp³-hybridized carbons (Fsp3) is 0.175. The first kappa shape index (κ1) is 41.0. The summed E-state index contributed by atoms with van der Waals surface area (Å²) in [6.07, 6.45) is 0. The van der Waals surface area contributed by atoms with E-state index in [0.29, 0.717) is 0 Å². The zero-order chi connectivity index (χ0) is 44.8. The van der Waals surface area contributed by atoms with Crippen LogP contribution in [-0.4, -0.2) is 0 Å². The summed E-state index contributed by atoms with van der Waals surface area (Å²) in [4.78, 5) is 2.54. The van der Waals surface area contributed by atoms with Crippen LogP contribution in [0.25, 0.3) is 75.5 Å². The van der Waals surface area contributed by atoms with Gasteiger partial charge in [-0.1, -0.05) is 207 Å². The smallest absolute Gasteiger partial charge is 0.0543 e. The van der Waals surface area contributed by atoms with Crippen molar-refractivity contribution in [3.05, 3.63) is 210 Å². The molecule has 65 heavy (non-hydrogen) atoms. The van der Waals surface area contributed by atoms with E-state index in [2.05, 4.69) is 248 Å². The van der Waals surface area contributed by atoms with E-state index < -0.39 is 0 Å². The van der Waals surface area contributed by atoms with Gasteiger partial charge in [0.25, 0.3) is 0 Å². The molecule has 1 heterocycles. The van der Waals surface area contributed by atoms with E-state index in [-0.39, 0.29) is 16.2 Å². The highest BCUT2D eigenvalue weighted by molar-refractivity contribution is 7.25. The second kappa shape index (κ2) is 15.2. The van der Waals surface area contributed by atoms with E-state index in [1.807, 2.05) is 11.3 Å². The molecule has 0 radical (unpaired) electrons. The van der Waals surface area contributed by atoms with Crippen LogP contribution in [0.4, 0.5) is 17.1 Å². The molecule has 0 fully saturated rings.